The number of hydrogen-bond donors (Lipinski definition) is 1. The lowest BCUT2D eigenvalue weighted by Crippen LogP contribution is -2.43. The van der Waals surface area contributed by atoms with Crippen molar-refractivity contribution in [2.75, 3.05) is 0 Å². The SMILES string of the molecule is O=C(CCCCCCCCc1ccccc1)[C@H]1C(=O)CC[C@H](O)C1=O. The van der Waals surface area contributed by atoms with Crippen LogP contribution in [0.2, 0.25) is 0 Å². The summed E-state index contributed by atoms with van der Waals surface area (Å²) < 4.78 is 0. The van der Waals surface area contributed by atoms with Crippen LogP contribution in [0.25, 0.3) is 0 Å². The van der Waals surface area contributed by atoms with Gasteiger partial charge < -0.3 is 5.11 Å². The number of benzene rings is 1. The van der Waals surface area contributed by atoms with Crippen LogP contribution in [0.1, 0.15) is 63.4 Å². The first-order valence-electron chi connectivity index (χ1n) is 9.40. The fourth-order valence-electron chi connectivity index (χ4n) is 3.38. The minimum absolute atomic E-state index is 0.130. The molecule has 1 aliphatic rings. The smallest absolute Gasteiger partial charge is 0.179 e. The first kappa shape index (κ1) is 19.5. The van der Waals surface area contributed by atoms with E-state index in [1.807, 2.05) is 6.07 Å². The van der Waals surface area contributed by atoms with Crippen molar-refractivity contribution in [3.63, 3.8) is 0 Å². The molecule has 0 aromatic heterocycles. The lowest BCUT2D eigenvalue weighted by atomic mass is 9.81. The second kappa shape index (κ2) is 10.2. The van der Waals surface area contributed by atoms with Gasteiger partial charge in [0.1, 0.15) is 12.0 Å². The van der Waals surface area contributed by atoms with Crippen LogP contribution >= 0.6 is 0 Å². The van der Waals surface area contributed by atoms with Crippen molar-refractivity contribution in [1.29, 1.82) is 0 Å². The van der Waals surface area contributed by atoms with Crippen LogP contribution in [0, 0.1) is 5.92 Å². The molecule has 136 valence electrons. The van der Waals surface area contributed by atoms with Crippen molar-refractivity contribution in [2.24, 2.45) is 5.92 Å². The van der Waals surface area contributed by atoms with Gasteiger partial charge in [0.15, 0.2) is 17.3 Å². The van der Waals surface area contributed by atoms with Crippen molar-refractivity contribution in [3.8, 4) is 0 Å². The van der Waals surface area contributed by atoms with Crippen molar-refractivity contribution in [3.05, 3.63) is 35.9 Å². The van der Waals surface area contributed by atoms with E-state index in [0.717, 1.165) is 25.7 Å². The molecule has 4 nitrogen and oxygen atoms in total. The van der Waals surface area contributed by atoms with E-state index in [0.29, 0.717) is 6.42 Å². The van der Waals surface area contributed by atoms with Crippen LogP contribution in [0.5, 0.6) is 0 Å². The Balaban J connectivity index is 1.54. The Morgan fingerprint density at radius 2 is 1.60 bits per heavy atom. The average Bonchev–Trinajstić information content (AvgIpc) is 2.61. The average molecular weight is 344 g/mol. The maximum atomic E-state index is 12.1. The lowest BCUT2D eigenvalue weighted by molar-refractivity contribution is -0.147. The summed E-state index contributed by atoms with van der Waals surface area (Å²) >= 11 is 0. The Labute approximate surface area is 149 Å². The first-order chi connectivity index (χ1) is 12.1. The zero-order chi connectivity index (χ0) is 18.1. The summed E-state index contributed by atoms with van der Waals surface area (Å²) in [6.45, 7) is 0. The molecule has 1 aromatic rings. The summed E-state index contributed by atoms with van der Waals surface area (Å²) in [5, 5.41) is 9.54. The summed E-state index contributed by atoms with van der Waals surface area (Å²) in [4.78, 5) is 35.7. The van der Waals surface area contributed by atoms with Gasteiger partial charge in [-0.05, 0) is 31.2 Å². The molecule has 0 radical (unpaired) electrons. The third-order valence-electron chi connectivity index (χ3n) is 4.90. The molecule has 1 fully saturated rings. The zero-order valence-corrected chi connectivity index (χ0v) is 14.8. The highest BCUT2D eigenvalue weighted by atomic mass is 16.3. The summed E-state index contributed by atoms with van der Waals surface area (Å²) in [6.07, 6.45) is 6.72. The molecule has 1 aromatic carbocycles. The lowest BCUT2D eigenvalue weighted by Gasteiger charge is -2.22. The minimum atomic E-state index is -1.20. The highest BCUT2D eigenvalue weighted by molar-refractivity contribution is 6.21. The van der Waals surface area contributed by atoms with Gasteiger partial charge in [-0.15, -0.1) is 0 Å². The van der Waals surface area contributed by atoms with Gasteiger partial charge in [0.25, 0.3) is 0 Å². The molecule has 4 heteroatoms. The number of hydrogen-bond acceptors (Lipinski definition) is 4. The van der Waals surface area contributed by atoms with Crippen molar-refractivity contribution in [2.45, 2.75) is 70.3 Å². The molecule has 0 spiro atoms. The highest BCUT2D eigenvalue weighted by Crippen LogP contribution is 2.21. The molecule has 0 saturated heterocycles. The molecule has 25 heavy (non-hydrogen) atoms. The largest absolute Gasteiger partial charge is 0.385 e. The number of carbonyl (C=O) groups excluding carboxylic acids is 3. The minimum Gasteiger partial charge on any atom is -0.385 e. The molecule has 0 aliphatic heterocycles. The fourth-order valence-corrected chi connectivity index (χ4v) is 3.38. The maximum Gasteiger partial charge on any atom is 0.179 e. The molecular formula is C21H28O4. The number of unbranched alkanes of at least 4 members (excludes halogenated alkanes) is 5. The van der Waals surface area contributed by atoms with Gasteiger partial charge in [-0.2, -0.15) is 0 Å². The second-order valence-corrected chi connectivity index (χ2v) is 6.93. The Kier molecular flexibility index (Phi) is 7.99. The number of carbonyl (C=O) groups is 3. The van der Waals surface area contributed by atoms with E-state index >= 15 is 0 Å². The van der Waals surface area contributed by atoms with Crippen LogP contribution < -0.4 is 0 Å². The Hall–Kier alpha value is -1.81. The predicted molar refractivity (Wildman–Crippen MR) is 96.2 cm³/mol. The zero-order valence-electron chi connectivity index (χ0n) is 14.8. The van der Waals surface area contributed by atoms with Crippen LogP contribution in [0.4, 0.5) is 0 Å². The summed E-state index contributed by atoms with van der Waals surface area (Å²) in [7, 11) is 0. The van der Waals surface area contributed by atoms with E-state index in [2.05, 4.69) is 24.3 Å². The summed E-state index contributed by atoms with van der Waals surface area (Å²) in [6, 6.07) is 10.5. The van der Waals surface area contributed by atoms with Crippen molar-refractivity contribution >= 4 is 17.3 Å². The van der Waals surface area contributed by atoms with Crippen molar-refractivity contribution < 1.29 is 19.5 Å². The van der Waals surface area contributed by atoms with E-state index in [1.54, 1.807) is 0 Å². The molecule has 1 aliphatic carbocycles. The molecule has 2 rings (SSSR count). The third kappa shape index (κ3) is 6.20. The van der Waals surface area contributed by atoms with Gasteiger partial charge in [0.05, 0.1) is 0 Å². The second-order valence-electron chi connectivity index (χ2n) is 6.93. The van der Waals surface area contributed by atoms with Gasteiger partial charge in [-0.3, -0.25) is 14.4 Å². The molecule has 1 saturated carbocycles. The monoisotopic (exact) mass is 344 g/mol. The number of aryl methyl sites for hydroxylation is 1. The third-order valence-corrected chi connectivity index (χ3v) is 4.90. The summed E-state index contributed by atoms with van der Waals surface area (Å²) in [5.74, 6) is -2.42. The van der Waals surface area contributed by atoms with E-state index in [1.165, 1.54) is 18.4 Å². The first-order valence-corrected chi connectivity index (χ1v) is 9.40. The van der Waals surface area contributed by atoms with E-state index in [-0.39, 0.29) is 30.8 Å². The normalized spacial score (nSPS) is 20.7. The van der Waals surface area contributed by atoms with Crippen molar-refractivity contribution in [1.82, 2.24) is 0 Å². The number of aliphatic hydroxyl groups is 1. The van der Waals surface area contributed by atoms with E-state index in [4.69, 9.17) is 0 Å². The predicted octanol–water partition coefficient (Wildman–Crippen LogP) is 3.44. The fraction of sp³-hybridized carbons (Fsp3) is 0.571. The van der Waals surface area contributed by atoms with E-state index in [9.17, 15) is 19.5 Å². The van der Waals surface area contributed by atoms with E-state index < -0.39 is 17.8 Å². The van der Waals surface area contributed by atoms with Crippen LogP contribution in [0.3, 0.4) is 0 Å². The molecule has 0 amide bonds. The Morgan fingerprint density at radius 1 is 0.960 bits per heavy atom. The van der Waals surface area contributed by atoms with Gasteiger partial charge in [-0.1, -0.05) is 56.0 Å². The van der Waals surface area contributed by atoms with Crippen LogP contribution in [0.15, 0.2) is 30.3 Å². The summed E-state index contributed by atoms with van der Waals surface area (Å²) in [5.41, 5.74) is 1.37. The number of Topliss-reactive ketones (excluding diaryl/α,β-unsaturated/α-hetero) is 3. The maximum absolute atomic E-state index is 12.1. The molecule has 0 bridgehead atoms. The molecule has 1 N–H and O–H groups in total. The topological polar surface area (TPSA) is 71.4 Å². The Morgan fingerprint density at radius 3 is 2.32 bits per heavy atom. The molecule has 2 atom stereocenters. The van der Waals surface area contributed by atoms with Gasteiger partial charge in [0, 0.05) is 12.8 Å². The van der Waals surface area contributed by atoms with Crippen LogP contribution in [-0.4, -0.2) is 28.6 Å². The standard InChI is InChI=1S/C21H28O4/c22-17(20-18(23)14-15-19(24)21(20)25)13-9-4-2-1-3-6-10-16-11-7-5-8-12-16/h5,7-8,11-12,19-20,24H,1-4,6,9-10,13-15H2/t19-,20-/m0/s1. The molecule has 0 unspecified atom stereocenters. The molecule has 0 heterocycles. The van der Waals surface area contributed by atoms with Crippen LogP contribution in [-0.2, 0) is 20.8 Å². The highest BCUT2D eigenvalue weighted by Gasteiger charge is 2.40. The number of ketones is 3. The Bertz CT molecular complexity index is 579. The number of aliphatic hydroxyl groups excluding tert-OH is 1. The molecular weight excluding hydrogens is 316 g/mol. The van der Waals surface area contributed by atoms with Gasteiger partial charge >= 0.3 is 0 Å². The van der Waals surface area contributed by atoms with Gasteiger partial charge in [-0.25, -0.2) is 0 Å². The number of rotatable bonds is 10. The quantitative estimate of drug-likeness (QED) is 0.521. The van der Waals surface area contributed by atoms with Gasteiger partial charge in [0.2, 0.25) is 0 Å².